The lowest BCUT2D eigenvalue weighted by molar-refractivity contribution is 0.0596. The van der Waals surface area contributed by atoms with Crippen LogP contribution in [0.5, 0.6) is 11.5 Å². The Kier molecular flexibility index (Phi) is 6.72. The largest absolute Gasteiger partial charge is 0.493 e. The molecule has 0 bridgehead atoms. The minimum absolute atomic E-state index is 0.258. The molecule has 2 N–H and O–H groups in total. The molecule has 0 radical (unpaired) electrons. The van der Waals surface area contributed by atoms with Crippen LogP contribution in [0.15, 0.2) is 66.7 Å². The van der Waals surface area contributed by atoms with E-state index in [9.17, 15) is 5.11 Å². The number of hydrogen-bond acceptors (Lipinski definition) is 5. The second-order valence-corrected chi connectivity index (χ2v) is 7.86. The van der Waals surface area contributed by atoms with Crippen molar-refractivity contribution in [3.63, 3.8) is 0 Å². The van der Waals surface area contributed by atoms with Crippen LogP contribution in [0, 0.1) is 0 Å². The Bertz CT molecular complexity index is 949. The first-order chi connectivity index (χ1) is 14.7. The van der Waals surface area contributed by atoms with Crippen LogP contribution in [-0.2, 0) is 0 Å². The number of likely N-dealkylation sites (tertiary alicyclic amines) is 1. The lowest BCUT2D eigenvalue weighted by atomic mass is 10.0. The highest BCUT2D eigenvalue weighted by Crippen LogP contribution is 2.27. The van der Waals surface area contributed by atoms with Crippen molar-refractivity contribution < 1.29 is 14.6 Å². The van der Waals surface area contributed by atoms with E-state index in [1.54, 1.807) is 7.11 Å². The monoisotopic (exact) mass is 406 g/mol. The van der Waals surface area contributed by atoms with Crippen molar-refractivity contribution in [1.82, 2.24) is 4.90 Å². The molecule has 158 valence electrons. The van der Waals surface area contributed by atoms with Gasteiger partial charge in [-0.15, -0.1) is 0 Å². The fourth-order valence-corrected chi connectivity index (χ4v) is 4.11. The number of β-amino-alcohol motifs (C(OH)–C–C–N with tert-alkyl or cyclic N) is 1. The van der Waals surface area contributed by atoms with Crippen LogP contribution in [0.2, 0.25) is 0 Å². The number of methoxy groups -OCH3 is 1. The minimum atomic E-state index is -0.530. The van der Waals surface area contributed by atoms with Gasteiger partial charge in [0.1, 0.15) is 12.7 Å². The lowest BCUT2D eigenvalue weighted by Crippen LogP contribution is -2.43. The summed E-state index contributed by atoms with van der Waals surface area (Å²) in [5, 5.41) is 16.7. The second-order valence-electron chi connectivity index (χ2n) is 7.86. The van der Waals surface area contributed by atoms with E-state index in [0.29, 0.717) is 24.1 Å². The van der Waals surface area contributed by atoms with E-state index in [2.05, 4.69) is 52.7 Å². The van der Waals surface area contributed by atoms with E-state index >= 15 is 0 Å². The van der Waals surface area contributed by atoms with Gasteiger partial charge >= 0.3 is 0 Å². The summed E-state index contributed by atoms with van der Waals surface area (Å²) in [6.07, 6.45) is 1.59. The molecule has 1 fully saturated rings. The summed E-state index contributed by atoms with van der Waals surface area (Å²) < 4.78 is 11.0. The van der Waals surface area contributed by atoms with Crippen LogP contribution in [0.1, 0.15) is 12.8 Å². The van der Waals surface area contributed by atoms with Gasteiger partial charge in [0.05, 0.1) is 7.11 Å². The average Bonchev–Trinajstić information content (AvgIpc) is 2.79. The molecular formula is C25H30N2O3. The van der Waals surface area contributed by atoms with Crippen molar-refractivity contribution in [3.05, 3.63) is 66.7 Å². The zero-order valence-corrected chi connectivity index (χ0v) is 17.5. The van der Waals surface area contributed by atoms with E-state index in [0.717, 1.165) is 25.9 Å². The molecule has 30 heavy (non-hydrogen) atoms. The summed E-state index contributed by atoms with van der Waals surface area (Å²) in [5.74, 6) is 1.35. The maximum absolute atomic E-state index is 10.4. The topological polar surface area (TPSA) is 54.0 Å². The molecular weight excluding hydrogens is 376 g/mol. The van der Waals surface area contributed by atoms with E-state index in [4.69, 9.17) is 9.47 Å². The Hall–Kier alpha value is -2.76. The van der Waals surface area contributed by atoms with Crippen LogP contribution in [0.3, 0.4) is 0 Å². The predicted molar refractivity (Wildman–Crippen MR) is 122 cm³/mol. The number of aliphatic hydroxyl groups excluding tert-OH is 1. The molecule has 3 aromatic carbocycles. The average molecular weight is 407 g/mol. The molecule has 1 unspecified atom stereocenters. The normalized spacial score (nSPS) is 16.3. The quantitative estimate of drug-likeness (QED) is 0.588. The molecule has 5 nitrogen and oxygen atoms in total. The number of nitrogens with one attached hydrogen (secondary N) is 1. The third-order valence-electron chi connectivity index (χ3n) is 5.71. The van der Waals surface area contributed by atoms with Crippen LogP contribution in [0.25, 0.3) is 10.8 Å². The molecule has 0 aliphatic carbocycles. The number of ether oxygens (including phenoxy) is 2. The Labute approximate surface area is 178 Å². The van der Waals surface area contributed by atoms with Crippen LogP contribution in [-0.4, -0.2) is 55.5 Å². The van der Waals surface area contributed by atoms with Gasteiger partial charge in [-0.1, -0.05) is 48.5 Å². The first-order valence-electron chi connectivity index (χ1n) is 10.6. The van der Waals surface area contributed by atoms with E-state index in [-0.39, 0.29) is 6.61 Å². The predicted octanol–water partition coefficient (Wildman–Crippen LogP) is 4.16. The molecule has 0 saturated carbocycles. The highest BCUT2D eigenvalue weighted by Gasteiger charge is 2.21. The second kappa shape index (κ2) is 9.83. The molecule has 5 heteroatoms. The van der Waals surface area contributed by atoms with Gasteiger partial charge in [-0.05, 0) is 36.4 Å². The lowest BCUT2D eigenvalue weighted by Gasteiger charge is -2.34. The van der Waals surface area contributed by atoms with E-state index < -0.39 is 6.10 Å². The fraction of sp³-hybridized carbons (Fsp3) is 0.360. The van der Waals surface area contributed by atoms with Crippen molar-refractivity contribution in [1.29, 1.82) is 0 Å². The Morgan fingerprint density at radius 1 is 0.967 bits per heavy atom. The van der Waals surface area contributed by atoms with Crippen molar-refractivity contribution in [3.8, 4) is 11.5 Å². The number of anilines is 1. The maximum Gasteiger partial charge on any atom is 0.161 e. The van der Waals surface area contributed by atoms with E-state index in [1.807, 2.05) is 24.3 Å². The van der Waals surface area contributed by atoms with E-state index in [1.165, 1.54) is 16.5 Å². The summed E-state index contributed by atoms with van der Waals surface area (Å²) in [5.41, 5.74) is 1.21. The third-order valence-corrected chi connectivity index (χ3v) is 5.71. The third kappa shape index (κ3) is 5.04. The van der Waals surface area contributed by atoms with Crippen molar-refractivity contribution in [2.24, 2.45) is 0 Å². The number of piperidine rings is 1. The molecule has 4 rings (SSSR count). The van der Waals surface area contributed by atoms with Crippen molar-refractivity contribution in [2.45, 2.75) is 25.0 Å². The summed E-state index contributed by atoms with van der Waals surface area (Å²) >= 11 is 0. The van der Waals surface area contributed by atoms with Crippen molar-refractivity contribution >= 4 is 16.5 Å². The highest BCUT2D eigenvalue weighted by atomic mass is 16.5. The zero-order chi connectivity index (χ0) is 20.8. The fourth-order valence-electron chi connectivity index (χ4n) is 4.11. The molecule has 1 saturated heterocycles. The standard InChI is InChI=1S/C25H30N2O3/c1-29-24-11-4-5-12-25(24)30-18-21(28)17-27-15-13-20(14-16-27)26-23-10-6-8-19-7-2-3-9-22(19)23/h2-12,20-21,26,28H,13-18H2,1H3. The van der Waals surface area contributed by atoms with Crippen LogP contribution >= 0.6 is 0 Å². The molecule has 0 spiro atoms. The molecule has 0 aromatic heterocycles. The SMILES string of the molecule is COc1ccccc1OCC(O)CN1CCC(Nc2cccc3ccccc23)CC1. The van der Waals surface area contributed by atoms with Gasteiger partial charge < -0.3 is 24.8 Å². The molecule has 0 amide bonds. The number of benzene rings is 3. The van der Waals surface area contributed by atoms with Gasteiger partial charge in [-0.25, -0.2) is 0 Å². The molecule has 3 aromatic rings. The zero-order valence-electron chi connectivity index (χ0n) is 17.5. The number of para-hydroxylation sites is 2. The summed E-state index contributed by atoms with van der Waals surface area (Å²) in [6, 6.07) is 22.9. The summed E-state index contributed by atoms with van der Waals surface area (Å²) in [4.78, 5) is 2.32. The Morgan fingerprint density at radius 3 is 2.47 bits per heavy atom. The van der Waals surface area contributed by atoms with Crippen molar-refractivity contribution in [2.75, 3.05) is 38.7 Å². The minimum Gasteiger partial charge on any atom is -0.493 e. The number of rotatable bonds is 8. The first-order valence-corrected chi connectivity index (χ1v) is 10.6. The van der Waals surface area contributed by atoms with Crippen LogP contribution < -0.4 is 14.8 Å². The summed E-state index contributed by atoms with van der Waals surface area (Å²) in [7, 11) is 1.62. The number of nitrogens with zero attached hydrogens (tertiary/aromatic N) is 1. The molecule has 1 aliphatic heterocycles. The van der Waals surface area contributed by atoms with Gasteiger partial charge in [-0.3, -0.25) is 0 Å². The summed E-state index contributed by atoms with van der Waals surface area (Å²) in [6.45, 7) is 2.81. The van der Waals surface area contributed by atoms with Gasteiger partial charge in [0, 0.05) is 36.7 Å². The maximum atomic E-state index is 10.4. The highest BCUT2D eigenvalue weighted by molar-refractivity contribution is 5.93. The Balaban J connectivity index is 1.24. The smallest absolute Gasteiger partial charge is 0.161 e. The number of aliphatic hydroxyl groups is 1. The Morgan fingerprint density at radius 2 is 1.67 bits per heavy atom. The van der Waals surface area contributed by atoms with Gasteiger partial charge in [0.2, 0.25) is 0 Å². The number of hydrogen-bond donors (Lipinski definition) is 2. The van der Waals surface area contributed by atoms with Gasteiger partial charge in [-0.2, -0.15) is 0 Å². The molecule has 1 aliphatic rings. The molecule has 1 heterocycles. The molecule has 1 atom stereocenters. The van der Waals surface area contributed by atoms with Gasteiger partial charge in [0.25, 0.3) is 0 Å². The van der Waals surface area contributed by atoms with Gasteiger partial charge in [0.15, 0.2) is 11.5 Å². The number of fused-ring (bicyclic) bond motifs is 1. The van der Waals surface area contributed by atoms with Crippen LogP contribution in [0.4, 0.5) is 5.69 Å². The first kappa shape index (κ1) is 20.5.